The minimum Gasteiger partial charge on any atom is -0.310 e. The third kappa shape index (κ3) is 2.65. The Kier molecular flexibility index (Phi) is 4.03. The van der Waals surface area contributed by atoms with Crippen molar-refractivity contribution in [2.24, 2.45) is 16.7 Å². The summed E-state index contributed by atoms with van der Waals surface area (Å²) in [5, 5.41) is 3.72. The van der Waals surface area contributed by atoms with E-state index in [2.05, 4.69) is 78.0 Å². The van der Waals surface area contributed by atoms with Gasteiger partial charge in [-0.3, -0.25) is 0 Å². The third-order valence-electron chi connectivity index (χ3n) is 6.05. The topological polar surface area (TPSA) is 12.0 Å². The van der Waals surface area contributed by atoms with E-state index in [1.54, 1.807) is 0 Å². The molecule has 1 saturated carbocycles. The minimum atomic E-state index is 0.434. The summed E-state index contributed by atoms with van der Waals surface area (Å²) in [5.41, 5.74) is 3.76. The number of benzene rings is 1. The second-order valence-corrected chi connectivity index (χ2v) is 7.95. The Morgan fingerprint density at radius 3 is 1.75 bits per heavy atom. The van der Waals surface area contributed by atoms with Gasteiger partial charge in [-0.05, 0) is 47.3 Å². The molecule has 1 N–H and O–H groups in total. The SMILES string of the molecule is CC(C)c1ccc(C(C)NCC2C(C)(C)C2(C)C)cc1. The van der Waals surface area contributed by atoms with Gasteiger partial charge in [0.05, 0.1) is 0 Å². The molecule has 1 atom stereocenters. The van der Waals surface area contributed by atoms with E-state index in [1.807, 2.05) is 0 Å². The van der Waals surface area contributed by atoms with Gasteiger partial charge in [0, 0.05) is 6.04 Å². The fourth-order valence-corrected chi connectivity index (χ4v) is 3.43. The van der Waals surface area contributed by atoms with E-state index in [9.17, 15) is 0 Å². The van der Waals surface area contributed by atoms with Crippen molar-refractivity contribution in [3.8, 4) is 0 Å². The molecule has 1 unspecified atom stereocenters. The van der Waals surface area contributed by atoms with Gasteiger partial charge in [0.2, 0.25) is 0 Å². The molecular weight excluding hydrogens is 242 g/mol. The normalized spacial score (nSPS) is 22.0. The van der Waals surface area contributed by atoms with Crippen molar-refractivity contribution in [3.63, 3.8) is 0 Å². The lowest BCUT2D eigenvalue weighted by Gasteiger charge is -2.16. The van der Waals surface area contributed by atoms with Crippen molar-refractivity contribution in [3.05, 3.63) is 35.4 Å². The van der Waals surface area contributed by atoms with Crippen LogP contribution in [-0.2, 0) is 0 Å². The van der Waals surface area contributed by atoms with E-state index in [0.29, 0.717) is 22.8 Å². The van der Waals surface area contributed by atoms with Crippen LogP contribution >= 0.6 is 0 Å². The van der Waals surface area contributed by atoms with Crippen molar-refractivity contribution in [2.75, 3.05) is 6.54 Å². The molecule has 0 amide bonds. The molecule has 20 heavy (non-hydrogen) atoms. The molecule has 1 heteroatoms. The Labute approximate surface area is 125 Å². The van der Waals surface area contributed by atoms with Crippen LogP contribution in [-0.4, -0.2) is 6.54 Å². The van der Waals surface area contributed by atoms with Crippen molar-refractivity contribution in [1.29, 1.82) is 0 Å². The summed E-state index contributed by atoms with van der Waals surface area (Å²) in [4.78, 5) is 0. The maximum absolute atomic E-state index is 3.72. The van der Waals surface area contributed by atoms with Crippen molar-refractivity contribution < 1.29 is 0 Å². The van der Waals surface area contributed by atoms with Gasteiger partial charge in [-0.15, -0.1) is 0 Å². The molecule has 0 radical (unpaired) electrons. The largest absolute Gasteiger partial charge is 0.310 e. The van der Waals surface area contributed by atoms with Gasteiger partial charge in [-0.2, -0.15) is 0 Å². The lowest BCUT2D eigenvalue weighted by Crippen LogP contribution is -2.23. The standard InChI is InChI=1S/C19H31N/c1-13(2)15-8-10-16(11-9-15)14(3)20-12-17-18(4,5)19(17,6)7/h8-11,13-14,17,20H,12H2,1-7H3. The molecule has 0 aromatic heterocycles. The van der Waals surface area contributed by atoms with Crippen LogP contribution < -0.4 is 5.32 Å². The Hall–Kier alpha value is -0.820. The molecule has 1 nitrogen and oxygen atoms in total. The van der Waals surface area contributed by atoms with Crippen molar-refractivity contribution in [1.82, 2.24) is 5.32 Å². The second kappa shape index (κ2) is 5.18. The Morgan fingerprint density at radius 2 is 1.35 bits per heavy atom. The number of hydrogen-bond donors (Lipinski definition) is 1. The van der Waals surface area contributed by atoms with E-state index in [4.69, 9.17) is 0 Å². The van der Waals surface area contributed by atoms with Crippen molar-refractivity contribution >= 4 is 0 Å². The van der Waals surface area contributed by atoms with E-state index in [0.717, 1.165) is 12.5 Å². The average Bonchev–Trinajstić information content (AvgIpc) is 2.77. The summed E-state index contributed by atoms with van der Waals surface area (Å²) in [6, 6.07) is 9.52. The summed E-state index contributed by atoms with van der Waals surface area (Å²) in [6.45, 7) is 17.4. The first kappa shape index (κ1) is 15.6. The molecule has 0 heterocycles. The van der Waals surface area contributed by atoms with Crippen LogP contribution in [0.5, 0.6) is 0 Å². The summed E-state index contributed by atoms with van der Waals surface area (Å²) in [7, 11) is 0. The fourth-order valence-electron chi connectivity index (χ4n) is 3.43. The van der Waals surface area contributed by atoms with E-state index < -0.39 is 0 Å². The predicted molar refractivity (Wildman–Crippen MR) is 88.0 cm³/mol. The highest BCUT2D eigenvalue weighted by atomic mass is 14.9. The molecule has 0 spiro atoms. The van der Waals surface area contributed by atoms with Gasteiger partial charge >= 0.3 is 0 Å². The molecule has 2 rings (SSSR count). The van der Waals surface area contributed by atoms with Gasteiger partial charge in [-0.1, -0.05) is 65.8 Å². The Balaban J connectivity index is 1.91. The highest BCUT2D eigenvalue weighted by Gasteiger charge is 2.63. The molecule has 0 aliphatic heterocycles. The maximum Gasteiger partial charge on any atom is 0.0291 e. The summed E-state index contributed by atoms with van der Waals surface area (Å²) >= 11 is 0. The molecule has 1 aliphatic rings. The molecule has 1 aromatic carbocycles. The average molecular weight is 273 g/mol. The van der Waals surface area contributed by atoms with Crippen molar-refractivity contribution in [2.45, 2.75) is 60.4 Å². The summed E-state index contributed by atoms with van der Waals surface area (Å²) in [5.74, 6) is 1.40. The first-order chi connectivity index (χ1) is 9.18. The number of rotatable bonds is 5. The lowest BCUT2D eigenvalue weighted by molar-refractivity contribution is 0.457. The summed E-state index contributed by atoms with van der Waals surface area (Å²) in [6.07, 6.45) is 0. The van der Waals surface area contributed by atoms with Gasteiger partial charge in [0.15, 0.2) is 0 Å². The zero-order chi connectivity index (χ0) is 15.1. The van der Waals surface area contributed by atoms with Crippen LogP contribution in [0.4, 0.5) is 0 Å². The van der Waals surface area contributed by atoms with E-state index >= 15 is 0 Å². The summed E-state index contributed by atoms with van der Waals surface area (Å²) < 4.78 is 0. The molecule has 112 valence electrons. The predicted octanol–water partition coefficient (Wildman–Crippen LogP) is 5.14. The van der Waals surface area contributed by atoms with Gasteiger partial charge < -0.3 is 5.32 Å². The molecular formula is C19H31N. The zero-order valence-electron chi connectivity index (χ0n) is 14.2. The molecule has 0 bridgehead atoms. The van der Waals surface area contributed by atoms with Crippen LogP contribution in [0.25, 0.3) is 0 Å². The Bertz CT molecular complexity index is 439. The first-order valence-electron chi connectivity index (χ1n) is 8.01. The highest BCUT2D eigenvalue weighted by molar-refractivity contribution is 5.26. The second-order valence-electron chi connectivity index (χ2n) is 7.95. The lowest BCUT2D eigenvalue weighted by atomic mass is 9.99. The first-order valence-corrected chi connectivity index (χ1v) is 8.01. The molecule has 0 saturated heterocycles. The van der Waals surface area contributed by atoms with Crippen LogP contribution in [0.1, 0.15) is 71.6 Å². The fraction of sp³-hybridized carbons (Fsp3) is 0.684. The number of nitrogens with one attached hydrogen (secondary N) is 1. The minimum absolute atomic E-state index is 0.434. The maximum atomic E-state index is 3.72. The molecule has 1 aliphatic carbocycles. The Morgan fingerprint density at radius 1 is 0.900 bits per heavy atom. The van der Waals surface area contributed by atoms with Crippen LogP contribution in [0.2, 0.25) is 0 Å². The van der Waals surface area contributed by atoms with Gasteiger partial charge in [0.1, 0.15) is 0 Å². The quantitative estimate of drug-likeness (QED) is 0.783. The van der Waals surface area contributed by atoms with Gasteiger partial charge in [0.25, 0.3) is 0 Å². The van der Waals surface area contributed by atoms with Gasteiger partial charge in [-0.25, -0.2) is 0 Å². The smallest absolute Gasteiger partial charge is 0.0291 e. The van der Waals surface area contributed by atoms with Crippen LogP contribution in [0, 0.1) is 16.7 Å². The van der Waals surface area contributed by atoms with E-state index in [1.165, 1.54) is 11.1 Å². The monoisotopic (exact) mass is 273 g/mol. The molecule has 1 aromatic rings. The van der Waals surface area contributed by atoms with Crippen LogP contribution in [0.15, 0.2) is 24.3 Å². The van der Waals surface area contributed by atoms with Crippen LogP contribution in [0.3, 0.4) is 0 Å². The third-order valence-corrected chi connectivity index (χ3v) is 6.05. The zero-order valence-corrected chi connectivity index (χ0v) is 14.2. The number of hydrogen-bond acceptors (Lipinski definition) is 1. The van der Waals surface area contributed by atoms with E-state index in [-0.39, 0.29) is 0 Å². The molecule has 1 fully saturated rings. The highest BCUT2D eigenvalue weighted by Crippen LogP contribution is 2.68.